The molecule has 0 aliphatic carbocycles. The van der Waals surface area contributed by atoms with Gasteiger partial charge in [-0.2, -0.15) is 0 Å². The number of rotatable bonds is 2. The third kappa shape index (κ3) is 3.11. The quantitative estimate of drug-likeness (QED) is 0.494. The van der Waals surface area contributed by atoms with Crippen LogP contribution < -0.4 is 0 Å². The Morgan fingerprint density at radius 2 is 1.72 bits per heavy atom. The van der Waals surface area contributed by atoms with Crippen LogP contribution in [-0.4, -0.2) is 0 Å². The fraction of sp³-hybridized carbons (Fsp3) is 0.143. The van der Waals surface area contributed by atoms with Crippen molar-refractivity contribution in [3.8, 4) is 0 Å². The van der Waals surface area contributed by atoms with Crippen LogP contribution in [0.1, 0.15) is 21.5 Å². The first-order valence-corrected chi connectivity index (χ1v) is 7.80. The molecule has 2 rings (SSSR count). The Hall–Kier alpha value is -0.0200. The number of hydrogen-bond acceptors (Lipinski definition) is 0. The van der Waals surface area contributed by atoms with E-state index in [1.807, 2.05) is 18.2 Å². The third-order valence-corrected chi connectivity index (χ3v) is 4.80. The average molecular weight is 409 g/mol. The van der Waals surface area contributed by atoms with Gasteiger partial charge in [0.05, 0.1) is 4.83 Å². The average Bonchev–Trinajstić information content (AvgIpc) is 2.34. The normalized spacial score (nSPS) is 12.5. The maximum atomic E-state index is 6.23. The van der Waals surface area contributed by atoms with Gasteiger partial charge in [-0.1, -0.05) is 61.1 Å². The van der Waals surface area contributed by atoms with Crippen LogP contribution in [0, 0.1) is 6.92 Å². The van der Waals surface area contributed by atoms with Crippen molar-refractivity contribution < 1.29 is 0 Å². The number of benzene rings is 2. The molecule has 0 amide bonds. The first-order valence-electron chi connectivity index (χ1n) is 5.34. The van der Waals surface area contributed by atoms with Crippen molar-refractivity contribution in [1.29, 1.82) is 0 Å². The Kier molecular flexibility index (Phi) is 4.76. The Morgan fingerprint density at radius 1 is 1.00 bits per heavy atom. The van der Waals surface area contributed by atoms with E-state index in [-0.39, 0.29) is 4.83 Å². The first kappa shape index (κ1) is 14.4. The summed E-state index contributed by atoms with van der Waals surface area (Å²) in [4.78, 5) is 0.0289. The molecule has 0 spiro atoms. The highest BCUT2D eigenvalue weighted by Gasteiger charge is 2.16. The molecule has 0 aliphatic heterocycles. The first-order chi connectivity index (χ1) is 8.49. The molecule has 0 fully saturated rings. The lowest BCUT2D eigenvalue weighted by atomic mass is 10.0. The zero-order valence-corrected chi connectivity index (χ0v) is 14.2. The topological polar surface area (TPSA) is 0 Å². The molecule has 18 heavy (non-hydrogen) atoms. The summed E-state index contributed by atoms with van der Waals surface area (Å²) in [5.41, 5.74) is 3.36. The molecular formula is C14H10Br2Cl2. The van der Waals surface area contributed by atoms with Crippen LogP contribution in [0.3, 0.4) is 0 Å². The van der Waals surface area contributed by atoms with E-state index in [9.17, 15) is 0 Å². The smallest absolute Gasteiger partial charge is 0.0662 e. The van der Waals surface area contributed by atoms with Gasteiger partial charge in [0, 0.05) is 14.5 Å². The molecule has 2 aromatic rings. The summed E-state index contributed by atoms with van der Waals surface area (Å²) in [6.07, 6.45) is 0. The molecule has 1 atom stereocenters. The highest BCUT2D eigenvalue weighted by atomic mass is 79.9. The minimum atomic E-state index is 0.0289. The second kappa shape index (κ2) is 5.96. The van der Waals surface area contributed by atoms with Crippen LogP contribution in [-0.2, 0) is 0 Å². The van der Waals surface area contributed by atoms with E-state index in [2.05, 4.69) is 50.9 Å². The summed E-state index contributed by atoms with van der Waals surface area (Å²) in [5.74, 6) is 0. The Bertz CT molecular complexity index is 531. The molecular weight excluding hydrogens is 399 g/mol. The standard InChI is InChI=1S/C14H10Br2Cl2/c1-8-2-3-9(15)6-11(8)14(16)12-7-10(17)4-5-13(12)18/h2-7,14H,1H3. The Morgan fingerprint density at radius 3 is 2.44 bits per heavy atom. The minimum absolute atomic E-state index is 0.0289. The van der Waals surface area contributed by atoms with E-state index >= 15 is 0 Å². The monoisotopic (exact) mass is 406 g/mol. The Labute approximate surface area is 134 Å². The number of alkyl halides is 1. The van der Waals surface area contributed by atoms with Gasteiger partial charge >= 0.3 is 0 Å². The largest absolute Gasteiger partial charge is 0.0843 e. The second-order valence-corrected chi connectivity index (χ2v) is 6.70. The van der Waals surface area contributed by atoms with Gasteiger partial charge in [0.2, 0.25) is 0 Å². The van der Waals surface area contributed by atoms with Gasteiger partial charge in [0.25, 0.3) is 0 Å². The lowest BCUT2D eigenvalue weighted by molar-refractivity contribution is 1.14. The molecule has 0 nitrogen and oxygen atoms in total. The molecule has 0 aliphatic rings. The highest BCUT2D eigenvalue weighted by molar-refractivity contribution is 9.10. The molecule has 0 radical (unpaired) electrons. The van der Waals surface area contributed by atoms with Crippen LogP contribution >= 0.6 is 55.1 Å². The summed E-state index contributed by atoms with van der Waals surface area (Å²) in [6.45, 7) is 2.08. The van der Waals surface area contributed by atoms with E-state index in [0.29, 0.717) is 10.0 Å². The lowest BCUT2D eigenvalue weighted by Gasteiger charge is -2.16. The van der Waals surface area contributed by atoms with Crippen molar-refractivity contribution in [2.75, 3.05) is 0 Å². The van der Waals surface area contributed by atoms with Crippen LogP contribution in [0.25, 0.3) is 0 Å². The van der Waals surface area contributed by atoms with Crippen molar-refractivity contribution in [1.82, 2.24) is 0 Å². The van der Waals surface area contributed by atoms with Gasteiger partial charge in [-0.15, -0.1) is 0 Å². The summed E-state index contributed by atoms with van der Waals surface area (Å²) in [5, 5.41) is 1.40. The van der Waals surface area contributed by atoms with E-state index in [1.54, 1.807) is 6.07 Å². The van der Waals surface area contributed by atoms with Gasteiger partial charge in [0.15, 0.2) is 0 Å². The van der Waals surface area contributed by atoms with Gasteiger partial charge in [-0.25, -0.2) is 0 Å². The minimum Gasteiger partial charge on any atom is -0.0843 e. The maximum Gasteiger partial charge on any atom is 0.0662 e. The molecule has 94 valence electrons. The van der Waals surface area contributed by atoms with Gasteiger partial charge in [0.1, 0.15) is 0 Å². The van der Waals surface area contributed by atoms with E-state index in [0.717, 1.165) is 10.0 Å². The summed E-state index contributed by atoms with van der Waals surface area (Å²) < 4.78 is 1.05. The zero-order chi connectivity index (χ0) is 13.3. The van der Waals surface area contributed by atoms with Gasteiger partial charge in [-0.3, -0.25) is 0 Å². The Balaban J connectivity index is 2.50. The zero-order valence-electron chi connectivity index (χ0n) is 9.55. The molecule has 0 saturated heterocycles. The van der Waals surface area contributed by atoms with Crippen molar-refractivity contribution in [2.45, 2.75) is 11.8 Å². The van der Waals surface area contributed by atoms with E-state index in [4.69, 9.17) is 23.2 Å². The van der Waals surface area contributed by atoms with Crippen molar-refractivity contribution in [3.05, 3.63) is 67.6 Å². The van der Waals surface area contributed by atoms with E-state index in [1.165, 1.54) is 11.1 Å². The summed E-state index contributed by atoms with van der Waals surface area (Å²) >= 11 is 19.5. The highest BCUT2D eigenvalue weighted by Crippen LogP contribution is 2.38. The van der Waals surface area contributed by atoms with Crippen molar-refractivity contribution >= 4 is 55.1 Å². The number of hydrogen-bond donors (Lipinski definition) is 0. The molecule has 0 N–H and O–H groups in total. The fourth-order valence-electron chi connectivity index (χ4n) is 1.76. The summed E-state index contributed by atoms with van der Waals surface area (Å²) in [6, 6.07) is 11.7. The predicted molar refractivity (Wildman–Crippen MR) is 86.1 cm³/mol. The molecule has 0 heterocycles. The van der Waals surface area contributed by atoms with Crippen LogP contribution in [0.4, 0.5) is 0 Å². The second-order valence-electron chi connectivity index (χ2n) is 4.03. The molecule has 2 aromatic carbocycles. The molecule has 1 unspecified atom stereocenters. The molecule has 0 bridgehead atoms. The van der Waals surface area contributed by atoms with Crippen LogP contribution in [0.2, 0.25) is 10.0 Å². The molecule has 0 saturated carbocycles. The molecule has 0 aromatic heterocycles. The number of aryl methyl sites for hydroxylation is 1. The summed E-state index contributed by atoms with van der Waals surface area (Å²) in [7, 11) is 0. The van der Waals surface area contributed by atoms with Gasteiger partial charge < -0.3 is 0 Å². The predicted octanol–water partition coefficient (Wildman–Crippen LogP) is 6.55. The maximum absolute atomic E-state index is 6.23. The fourth-order valence-corrected chi connectivity index (χ4v) is 3.55. The van der Waals surface area contributed by atoms with Crippen molar-refractivity contribution in [2.24, 2.45) is 0 Å². The third-order valence-electron chi connectivity index (χ3n) is 2.75. The molecule has 4 heteroatoms. The van der Waals surface area contributed by atoms with E-state index < -0.39 is 0 Å². The van der Waals surface area contributed by atoms with Crippen LogP contribution in [0.15, 0.2) is 40.9 Å². The van der Waals surface area contributed by atoms with Crippen molar-refractivity contribution in [3.63, 3.8) is 0 Å². The van der Waals surface area contributed by atoms with Crippen LogP contribution in [0.5, 0.6) is 0 Å². The number of halogens is 4. The lowest BCUT2D eigenvalue weighted by Crippen LogP contribution is -1.97. The van der Waals surface area contributed by atoms with Gasteiger partial charge in [-0.05, 0) is 53.9 Å². The SMILES string of the molecule is Cc1ccc(Br)cc1C(Br)c1cc(Cl)ccc1Cl.